The molecule has 0 aliphatic rings. The van der Waals surface area contributed by atoms with E-state index in [0.717, 1.165) is 5.56 Å². The third kappa shape index (κ3) is 2.69. The molecule has 17 heavy (non-hydrogen) atoms. The van der Waals surface area contributed by atoms with E-state index < -0.39 is 10.0 Å². The highest BCUT2D eigenvalue weighted by Crippen LogP contribution is 2.22. The molecular weight excluding hydrogens is 241 g/mol. The standard InChI is InChI=1S/C12H10FNO2S/c13-11-6-4-9(5-7-11)10-2-1-3-12(8-10)17(14,15)16/h1-8H,(H2,14,15,16). The van der Waals surface area contributed by atoms with E-state index in [-0.39, 0.29) is 10.7 Å². The summed E-state index contributed by atoms with van der Waals surface area (Å²) in [7, 11) is -3.72. The van der Waals surface area contributed by atoms with Gasteiger partial charge >= 0.3 is 0 Å². The van der Waals surface area contributed by atoms with Crippen molar-refractivity contribution < 1.29 is 12.8 Å². The van der Waals surface area contributed by atoms with Crippen LogP contribution < -0.4 is 5.14 Å². The van der Waals surface area contributed by atoms with E-state index in [1.807, 2.05) is 0 Å². The molecule has 0 aliphatic carbocycles. The van der Waals surface area contributed by atoms with Crippen molar-refractivity contribution in [2.75, 3.05) is 0 Å². The number of hydrogen-bond acceptors (Lipinski definition) is 2. The third-order valence-electron chi connectivity index (χ3n) is 2.34. The molecule has 0 unspecified atom stereocenters. The van der Waals surface area contributed by atoms with Crippen molar-refractivity contribution in [2.45, 2.75) is 4.90 Å². The Morgan fingerprint density at radius 1 is 0.941 bits per heavy atom. The number of sulfonamides is 1. The van der Waals surface area contributed by atoms with Gasteiger partial charge in [-0.15, -0.1) is 0 Å². The van der Waals surface area contributed by atoms with Crippen molar-refractivity contribution in [1.29, 1.82) is 0 Å². The van der Waals surface area contributed by atoms with Crippen LogP contribution in [0.2, 0.25) is 0 Å². The van der Waals surface area contributed by atoms with E-state index in [0.29, 0.717) is 5.56 Å². The van der Waals surface area contributed by atoms with Gasteiger partial charge in [-0.3, -0.25) is 0 Å². The van der Waals surface area contributed by atoms with Gasteiger partial charge in [0.1, 0.15) is 5.82 Å². The average molecular weight is 251 g/mol. The summed E-state index contributed by atoms with van der Waals surface area (Å²) in [4.78, 5) is 0.0410. The first-order chi connectivity index (χ1) is 7.97. The van der Waals surface area contributed by atoms with Crippen LogP contribution in [0, 0.1) is 5.82 Å². The Balaban J connectivity index is 2.50. The summed E-state index contributed by atoms with van der Waals surface area (Å²) in [5.41, 5.74) is 1.41. The maximum Gasteiger partial charge on any atom is 0.238 e. The maximum absolute atomic E-state index is 12.8. The van der Waals surface area contributed by atoms with Crippen LogP contribution in [0.4, 0.5) is 4.39 Å². The fourth-order valence-electron chi connectivity index (χ4n) is 1.49. The van der Waals surface area contributed by atoms with Crippen LogP contribution in [-0.2, 0) is 10.0 Å². The number of primary sulfonamides is 1. The number of rotatable bonds is 2. The molecule has 2 N–H and O–H groups in total. The minimum absolute atomic E-state index is 0.0410. The fourth-order valence-corrected chi connectivity index (χ4v) is 2.05. The second-order valence-electron chi connectivity index (χ2n) is 3.58. The second kappa shape index (κ2) is 4.27. The van der Waals surface area contributed by atoms with Crippen LogP contribution in [0.1, 0.15) is 0 Å². The van der Waals surface area contributed by atoms with Crippen molar-refractivity contribution in [1.82, 2.24) is 0 Å². The molecule has 0 radical (unpaired) electrons. The highest BCUT2D eigenvalue weighted by molar-refractivity contribution is 7.89. The minimum atomic E-state index is -3.72. The Hall–Kier alpha value is -1.72. The highest BCUT2D eigenvalue weighted by atomic mass is 32.2. The zero-order chi connectivity index (χ0) is 12.5. The lowest BCUT2D eigenvalue weighted by molar-refractivity contribution is 0.598. The molecule has 0 fully saturated rings. The van der Waals surface area contributed by atoms with Gasteiger partial charge in [-0.2, -0.15) is 0 Å². The molecule has 0 atom stereocenters. The van der Waals surface area contributed by atoms with E-state index in [9.17, 15) is 12.8 Å². The van der Waals surface area contributed by atoms with Gasteiger partial charge in [-0.05, 0) is 35.4 Å². The van der Waals surface area contributed by atoms with Gasteiger partial charge < -0.3 is 0 Å². The summed E-state index contributed by atoms with van der Waals surface area (Å²) >= 11 is 0. The van der Waals surface area contributed by atoms with E-state index in [2.05, 4.69) is 0 Å². The van der Waals surface area contributed by atoms with Gasteiger partial charge in [-0.1, -0.05) is 24.3 Å². The molecule has 0 saturated carbocycles. The molecule has 0 aromatic heterocycles. The van der Waals surface area contributed by atoms with Crippen LogP contribution >= 0.6 is 0 Å². The van der Waals surface area contributed by atoms with Gasteiger partial charge in [0, 0.05) is 0 Å². The van der Waals surface area contributed by atoms with E-state index in [4.69, 9.17) is 5.14 Å². The molecule has 3 nitrogen and oxygen atoms in total. The zero-order valence-electron chi connectivity index (χ0n) is 8.80. The first kappa shape index (κ1) is 11.8. The summed E-state index contributed by atoms with van der Waals surface area (Å²) in [6.45, 7) is 0. The van der Waals surface area contributed by atoms with Crippen LogP contribution in [0.15, 0.2) is 53.4 Å². The molecule has 0 aliphatic heterocycles. The van der Waals surface area contributed by atoms with Crippen LogP contribution in [0.3, 0.4) is 0 Å². The molecule has 0 spiro atoms. The lowest BCUT2D eigenvalue weighted by atomic mass is 10.1. The Bertz CT molecular complexity index is 636. The predicted octanol–water partition coefficient (Wildman–Crippen LogP) is 2.14. The molecule has 0 heterocycles. The van der Waals surface area contributed by atoms with Crippen molar-refractivity contribution in [3.63, 3.8) is 0 Å². The highest BCUT2D eigenvalue weighted by Gasteiger charge is 2.08. The van der Waals surface area contributed by atoms with Crippen molar-refractivity contribution in [3.8, 4) is 11.1 Å². The van der Waals surface area contributed by atoms with Crippen molar-refractivity contribution >= 4 is 10.0 Å². The summed E-state index contributed by atoms with van der Waals surface area (Å²) < 4.78 is 35.1. The van der Waals surface area contributed by atoms with Crippen LogP contribution in [0.5, 0.6) is 0 Å². The van der Waals surface area contributed by atoms with E-state index in [1.54, 1.807) is 24.3 Å². The Labute approximate surface area is 98.8 Å². The molecular formula is C12H10FNO2S. The number of nitrogens with two attached hydrogens (primary N) is 1. The SMILES string of the molecule is NS(=O)(=O)c1cccc(-c2ccc(F)cc2)c1. The van der Waals surface area contributed by atoms with Gasteiger partial charge in [0.2, 0.25) is 10.0 Å². The van der Waals surface area contributed by atoms with Gasteiger partial charge in [-0.25, -0.2) is 17.9 Å². The van der Waals surface area contributed by atoms with Crippen molar-refractivity contribution in [2.24, 2.45) is 5.14 Å². The first-order valence-corrected chi connectivity index (χ1v) is 6.40. The van der Waals surface area contributed by atoms with Gasteiger partial charge in [0.25, 0.3) is 0 Å². The molecule has 0 amide bonds. The maximum atomic E-state index is 12.8. The second-order valence-corrected chi connectivity index (χ2v) is 5.14. The molecule has 2 rings (SSSR count). The molecule has 5 heteroatoms. The summed E-state index contributed by atoms with van der Waals surface area (Å²) in [5, 5.41) is 5.04. The summed E-state index contributed by atoms with van der Waals surface area (Å²) in [6, 6.07) is 12.0. The largest absolute Gasteiger partial charge is 0.238 e. The summed E-state index contributed by atoms with van der Waals surface area (Å²) in [5.74, 6) is -0.337. The normalized spacial score (nSPS) is 11.4. The lowest BCUT2D eigenvalue weighted by Crippen LogP contribution is -2.11. The molecule has 88 valence electrons. The van der Waals surface area contributed by atoms with Crippen molar-refractivity contribution in [3.05, 3.63) is 54.3 Å². The quantitative estimate of drug-likeness (QED) is 0.888. The minimum Gasteiger partial charge on any atom is -0.225 e. The Kier molecular flexibility index (Phi) is 2.95. The molecule has 0 bridgehead atoms. The number of halogens is 1. The molecule has 2 aromatic carbocycles. The smallest absolute Gasteiger partial charge is 0.225 e. The van der Waals surface area contributed by atoms with E-state index in [1.165, 1.54) is 24.3 Å². The molecule has 2 aromatic rings. The fraction of sp³-hybridized carbons (Fsp3) is 0. The molecule has 0 saturated heterocycles. The zero-order valence-corrected chi connectivity index (χ0v) is 9.62. The predicted molar refractivity (Wildman–Crippen MR) is 63.2 cm³/mol. The van der Waals surface area contributed by atoms with Gasteiger partial charge in [0.05, 0.1) is 4.90 Å². The Morgan fingerprint density at radius 3 is 2.18 bits per heavy atom. The lowest BCUT2D eigenvalue weighted by Gasteiger charge is -2.04. The summed E-state index contributed by atoms with van der Waals surface area (Å²) in [6.07, 6.45) is 0. The number of benzene rings is 2. The third-order valence-corrected chi connectivity index (χ3v) is 3.25. The monoisotopic (exact) mass is 251 g/mol. The van der Waals surface area contributed by atoms with E-state index >= 15 is 0 Å². The number of hydrogen-bond donors (Lipinski definition) is 1. The Morgan fingerprint density at radius 2 is 1.59 bits per heavy atom. The van der Waals surface area contributed by atoms with Crippen LogP contribution in [-0.4, -0.2) is 8.42 Å². The first-order valence-electron chi connectivity index (χ1n) is 4.85. The topological polar surface area (TPSA) is 60.2 Å². The average Bonchev–Trinajstić information content (AvgIpc) is 2.29. The van der Waals surface area contributed by atoms with Crippen LogP contribution in [0.25, 0.3) is 11.1 Å². The van der Waals surface area contributed by atoms with Gasteiger partial charge in [0.15, 0.2) is 0 Å².